The van der Waals surface area contributed by atoms with Gasteiger partial charge in [-0.05, 0) is 32.0 Å². The molecule has 0 aliphatic heterocycles. The number of nitrogens with two attached hydrogens (primary N) is 1. The molecule has 0 aromatic carbocycles. The van der Waals surface area contributed by atoms with Crippen molar-refractivity contribution in [2.75, 3.05) is 11.1 Å². The summed E-state index contributed by atoms with van der Waals surface area (Å²) >= 11 is 1.61. The van der Waals surface area contributed by atoms with Crippen molar-refractivity contribution in [3.8, 4) is 0 Å². The van der Waals surface area contributed by atoms with Gasteiger partial charge in [0.25, 0.3) is 0 Å². The van der Waals surface area contributed by atoms with E-state index in [0.717, 1.165) is 27.6 Å². The number of hydrogen-bond donors (Lipinski definition) is 2. The summed E-state index contributed by atoms with van der Waals surface area (Å²) in [5.74, 6) is 2.80. The number of fused-ring (bicyclic) bond motifs is 1. The van der Waals surface area contributed by atoms with Crippen LogP contribution in [0.2, 0.25) is 0 Å². The molecule has 3 rings (SSSR count). The molecule has 0 saturated carbocycles. The Morgan fingerprint density at radius 3 is 2.89 bits per heavy atom. The summed E-state index contributed by atoms with van der Waals surface area (Å²) in [4.78, 5) is 10.6. The zero-order valence-corrected chi connectivity index (χ0v) is 11.5. The van der Waals surface area contributed by atoms with E-state index in [0.29, 0.717) is 6.54 Å². The van der Waals surface area contributed by atoms with Gasteiger partial charge in [0.15, 0.2) is 0 Å². The van der Waals surface area contributed by atoms with E-state index in [1.165, 1.54) is 4.88 Å². The number of hydrogen-bond acceptors (Lipinski definition) is 6. The van der Waals surface area contributed by atoms with E-state index in [1.807, 2.05) is 26.0 Å². The highest BCUT2D eigenvalue weighted by Gasteiger charge is 2.09. The van der Waals surface area contributed by atoms with Gasteiger partial charge >= 0.3 is 0 Å². The number of rotatable bonds is 3. The van der Waals surface area contributed by atoms with Gasteiger partial charge in [0, 0.05) is 4.88 Å². The molecule has 19 heavy (non-hydrogen) atoms. The van der Waals surface area contributed by atoms with Gasteiger partial charge in [-0.25, -0.2) is 4.98 Å². The molecule has 0 radical (unpaired) electrons. The predicted molar refractivity (Wildman–Crippen MR) is 77.3 cm³/mol. The lowest BCUT2D eigenvalue weighted by Crippen LogP contribution is -2.04. The minimum absolute atomic E-state index is 0.285. The third-order valence-corrected chi connectivity index (χ3v) is 3.70. The Morgan fingerprint density at radius 2 is 2.16 bits per heavy atom. The van der Waals surface area contributed by atoms with E-state index in [9.17, 15) is 0 Å². The predicted octanol–water partition coefficient (Wildman–Crippen LogP) is 3.10. The minimum Gasteiger partial charge on any atom is -0.465 e. The maximum absolute atomic E-state index is 5.73. The Kier molecular flexibility index (Phi) is 2.87. The first kappa shape index (κ1) is 12.0. The van der Waals surface area contributed by atoms with Gasteiger partial charge < -0.3 is 15.5 Å². The quantitative estimate of drug-likeness (QED) is 0.767. The summed E-state index contributed by atoms with van der Waals surface area (Å²) < 4.78 is 5.52. The average molecular weight is 274 g/mol. The van der Waals surface area contributed by atoms with Gasteiger partial charge in [0.2, 0.25) is 5.95 Å². The molecule has 0 amide bonds. The molecule has 6 heteroatoms. The fourth-order valence-electron chi connectivity index (χ4n) is 1.94. The number of anilines is 2. The average Bonchev–Trinajstić information content (AvgIpc) is 2.91. The first-order valence-electron chi connectivity index (χ1n) is 5.94. The Balaban J connectivity index is 1.91. The maximum Gasteiger partial charge on any atom is 0.223 e. The van der Waals surface area contributed by atoms with Crippen molar-refractivity contribution < 1.29 is 4.42 Å². The molecule has 0 aliphatic carbocycles. The van der Waals surface area contributed by atoms with Gasteiger partial charge in [0.1, 0.15) is 22.2 Å². The van der Waals surface area contributed by atoms with Crippen LogP contribution in [0.25, 0.3) is 10.2 Å². The number of furan rings is 1. The van der Waals surface area contributed by atoms with Crippen molar-refractivity contribution in [1.82, 2.24) is 9.97 Å². The fourth-order valence-corrected chi connectivity index (χ4v) is 2.83. The Morgan fingerprint density at radius 1 is 1.32 bits per heavy atom. The second-order valence-electron chi connectivity index (χ2n) is 4.37. The zero-order chi connectivity index (χ0) is 13.4. The van der Waals surface area contributed by atoms with Crippen molar-refractivity contribution >= 4 is 33.3 Å². The topological polar surface area (TPSA) is 77.0 Å². The molecule has 3 aromatic heterocycles. The molecule has 0 bridgehead atoms. The van der Waals surface area contributed by atoms with Gasteiger partial charge in [-0.15, -0.1) is 11.3 Å². The van der Waals surface area contributed by atoms with E-state index >= 15 is 0 Å². The summed E-state index contributed by atoms with van der Waals surface area (Å²) in [6.45, 7) is 4.54. The van der Waals surface area contributed by atoms with Crippen molar-refractivity contribution in [3.05, 3.63) is 34.6 Å². The fraction of sp³-hybridized carbons (Fsp3) is 0.231. The molecule has 3 aromatic rings. The molecule has 5 nitrogen and oxygen atoms in total. The highest BCUT2D eigenvalue weighted by molar-refractivity contribution is 7.18. The molecule has 0 spiro atoms. The van der Waals surface area contributed by atoms with Crippen molar-refractivity contribution in [2.24, 2.45) is 0 Å². The molecule has 3 heterocycles. The first-order valence-corrected chi connectivity index (χ1v) is 6.76. The van der Waals surface area contributed by atoms with Crippen LogP contribution < -0.4 is 11.1 Å². The minimum atomic E-state index is 0.285. The number of aryl methyl sites for hydroxylation is 2. The highest BCUT2D eigenvalue weighted by atomic mass is 32.1. The number of aromatic nitrogens is 2. The van der Waals surface area contributed by atoms with Crippen LogP contribution in [-0.2, 0) is 6.54 Å². The first-order chi connectivity index (χ1) is 9.11. The van der Waals surface area contributed by atoms with E-state index in [1.54, 1.807) is 11.3 Å². The second-order valence-corrected chi connectivity index (χ2v) is 5.61. The molecule has 0 fully saturated rings. The van der Waals surface area contributed by atoms with Gasteiger partial charge in [-0.3, -0.25) is 0 Å². The second kappa shape index (κ2) is 4.55. The van der Waals surface area contributed by atoms with Crippen LogP contribution in [0.4, 0.5) is 11.8 Å². The van der Waals surface area contributed by atoms with Crippen LogP contribution in [0.1, 0.15) is 16.4 Å². The lowest BCUT2D eigenvalue weighted by molar-refractivity contribution is 0.490. The van der Waals surface area contributed by atoms with Crippen LogP contribution >= 0.6 is 11.3 Å². The smallest absolute Gasteiger partial charge is 0.223 e. The monoisotopic (exact) mass is 274 g/mol. The van der Waals surface area contributed by atoms with Crippen molar-refractivity contribution in [1.29, 1.82) is 0 Å². The number of thiophene rings is 1. The molecule has 98 valence electrons. The van der Waals surface area contributed by atoms with Crippen LogP contribution in [-0.4, -0.2) is 9.97 Å². The number of nitrogens with one attached hydrogen (secondary N) is 1. The molecule has 0 atom stereocenters. The lowest BCUT2D eigenvalue weighted by atomic mass is 10.3. The summed E-state index contributed by atoms with van der Waals surface area (Å²) in [6, 6.07) is 5.95. The van der Waals surface area contributed by atoms with Crippen LogP contribution in [0.3, 0.4) is 0 Å². The summed E-state index contributed by atoms with van der Waals surface area (Å²) in [7, 11) is 0. The van der Waals surface area contributed by atoms with Crippen molar-refractivity contribution in [3.63, 3.8) is 0 Å². The molecular formula is C13H14N4OS. The number of nitrogens with zero attached hydrogens (tertiary/aromatic N) is 2. The highest BCUT2D eigenvalue weighted by Crippen LogP contribution is 2.29. The van der Waals surface area contributed by atoms with Crippen LogP contribution in [0, 0.1) is 13.8 Å². The van der Waals surface area contributed by atoms with Gasteiger partial charge in [-0.1, -0.05) is 0 Å². The van der Waals surface area contributed by atoms with E-state index < -0.39 is 0 Å². The molecular weight excluding hydrogens is 260 g/mol. The summed E-state index contributed by atoms with van der Waals surface area (Å²) in [5.41, 5.74) is 5.73. The SMILES string of the molecule is Cc1ccc(CNc2nc(N)nc3sc(C)cc23)o1. The molecule has 0 saturated heterocycles. The Hall–Kier alpha value is -2.08. The van der Waals surface area contributed by atoms with Crippen LogP contribution in [0.15, 0.2) is 22.6 Å². The summed E-state index contributed by atoms with van der Waals surface area (Å²) in [5, 5.41) is 4.25. The van der Waals surface area contributed by atoms with Crippen LogP contribution in [0.5, 0.6) is 0 Å². The normalized spacial score (nSPS) is 11.1. The molecule has 0 unspecified atom stereocenters. The van der Waals surface area contributed by atoms with Gasteiger partial charge in [-0.2, -0.15) is 4.98 Å². The van der Waals surface area contributed by atoms with Crippen molar-refractivity contribution in [2.45, 2.75) is 20.4 Å². The largest absolute Gasteiger partial charge is 0.465 e. The number of nitrogen functional groups attached to an aromatic ring is 1. The third kappa shape index (κ3) is 2.39. The molecule has 0 aliphatic rings. The Labute approximate surface area is 114 Å². The van der Waals surface area contributed by atoms with E-state index in [-0.39, 0.29) is 5.95 Å². The standard InChI is InChI=1S/C13H14N4OS/c1-7-3-4-9(18-7)6-15-11-10-5-8(2)19-12(10)17-13(14)16-11/h3-5H,6H2,1-2H3,(H3,14,15,16,17). The summed E-state index contributed by atoms with van der Waals surface area (Å²) in [6.07, 6.45) is 0. The zero-order valence-electron chi connectivity index (χ0n) is 10.7. The van der Waals surface area contributed by atoms with Gasteiger partial charge in [0.05, 0.1) is 11.9 Å². The Bertz CT molecular complexity index is 731. The third-order valence-electron chi connectivity index (χ3n) is 2.76. The lowest BCUT2D eigenvalue weighted by Gasteiger charge is -2.05. The van der Waals surface area contributed by atoms with E-state index in [4.69, 9.17) is 10.2 Å². The maximum atomic E-state index is 5.73. The molecule has 3 N–H and O–H groups in total. The van der Waals surface area contributed by atoms with E-state index in [2.05, 4.69) is 21.4 Å².